The number of amides is 2. The Hall–Kier alpha value is -3.58. The lowest BCUT2D eigenvalue weighted by molar-refractivity contribution is 0.252. The summed E-state index contributed by atoms with van der Waals surface area (Å²) in [5.41, 5.74) is 5.05. The molecule has 7 heteroatoms. The molecule has 0 fully saturated rings. The number of ether oxygens (including phenoxy) is 2. The van der Waals surface area contributed by atoms with Gasteiger partial charge >= 0.3 is 6.03 Å². The van der Waals surface area contributed by atoms with Crippen molar-refractivity contribution in [3.05, 3.63) is 71.8 Å². The third-order valence-corrected chi connectivity index (χ3v) is 6.15. The first-order chi connectivity index (χ1) is 15.6. The van der Waals surface area contributed by atoms with Gasteiger partial charge in [0.25, 0.3) is 0 Å². The average molecular weight is 448 g/mol. The van der Waals surface area contributed by atoms with Crippen molar-refractivity contribution in [2.24, 2.45) is 0 Å². The van der Waals surface area contributed by atoms with Crippen LogP contribution in [0.25, 0.3) is 20.8 Å². The van der Waals surface area contributed by atoms with Crippen LogP contribution >= 0.6 is 11.3 Å². The number of urea groups is 1. The van der Waals surface area contributed by atoms with Gasteiger partial charge < -0.3 is 20.1 Å². The predicted molar refractivity (Wildman–Crippen MR) is 130 cm³/mol. The molecule has 164 valence electrons. The van der Waals surface area contributed by atoms with E-state index in [1.807, 2.05) is 48.5 Å². The van der Waals surface area contributed by atoms with E-state index in [-0.39, 0.29) is 6.03 Å². The smallest absolute Gasteiger partial charge is 0.319 e. The molecule has 0 aliphatic rings. The Morgan fingerprint density at radius 2 is 1.75 bits per heavy atom. The highest BCUT2D eigenvalue weighted by atomic mass is 32.1. The fourth-order valence-corrected chi connectivity index (χ4v) is 4.45. The van der Waals surface area contributed by atoms with Gasteiger partial charge in [0, 0.05) is 17.8 Å². The molecule has 32 heavy (non-hydrogen) atoms. The summed E-state index contributed by atoms with van der Waals surface area (Å²) in [7, 11) is 3.21. The predicted octanol–water partition coefficient (Wildman–Crippen LogP) is 5.65. The summed E-state index contributed by atoms with van der Waals surface area (Å²) in [6.45, 7) is 2.59. The van der Waals surface area contributed by atoms with Crippen LogP contribution in [0.3, 0.4) is 0 Å². The molecule has 0 atom stereocenters. The average Bonchev–Trinajstić information content (AvgIpc) is 3.22. The number of fused-ring (bicyclic) bond motifs is 1. The topological polar surface area (TPSA) is 72.5 Å². The van der Waals surface area contributed by atoms with E-state index < -0.39 is 0 Å². The molecule has 4 rings (SSSR count). The zero-order valence-corrected chi connectivity index (χ0v) is 19.1. The number of anilines is 1. The summed E-state index contributed by atoms with van der Waals surface area (Å²) >= 11 is 1.67. The number of methoxy groups -OCH3 is 2. The molecule has 4 aromatic rings. The third-order valence-electron chi connectivity index (χ3n) is 5.08. The van der Waals surface area contributed by atoms with Crippen LogP contribution in [-0.2, 0) is 6.42 Å². The van der Waals surface area contributed by atoms with Gasteiger partial charge in [0.05, 0.1) is 24.4 Å². The van der Waals surface area contributed by atoms with Gasteiger partial charge in [-0.1, -0.05) is 12.1 Å². The van der Waals surface area contributed by atoms with Crippen LogP contribution < -0.4 is 20.1 Å². The largest absolute Gasteiger partial charge is 0.493 e. The van der Waals surface area contributed by atoms with Gasteiger partial charge in [-0.05, 0) is 73.0 Å². The Labute approximate surface area is 191 Å². The fraction of sp³-hybridized carbons (Fsp3) is 0.200. The third kappa shape index (κ3) is 5.00. The van der Waals surface area contributed by atoms with E-state index in [2.05, 4.69) is 29.7 Å². The molecule has 0 aliphatic carbocycles. The van der Waals surface area contributed by atoms with Crippen LogP contribution in [0.5, 0.6) is 11.5 Å². The number of aromatic nitrogens is 1. The first kappa shape index (κ1) is 21.6. The van der Waals surface area contributed by atoms with Crippen molar-refractivity contribution in [1.82, 2.24) is 10.3 Å². The van der Waals surface area contributed by atoms with Gasteiger partial charge in [0.15, 0.2) is 11.5 Å². The molecular formula is C25H25N3O3S. The van der Waals surface area contributed by atoms with Crippen LogP contribution in [0.4, 0.5) is 10.5 Å². The van der Waals surface area contributed by atoms with Crippen molar-refractivity contribution in [3.8, 4) is 22.1 Å². The van der Waals surface area contributed by atoms with Crippen LogP contribution in [0, 0.1) is 6.92 Å². The summed E-state index contributed by atoms with van der Waals surface area (Å²) in [5.74, 6) is 1.36. The van der Waals surface area contributed by atoms with Gasteiger partial charge in [-0.25, -0.2) is 9.78 Å². The molecule has 1 aromatic heterocycles. The number of carbonyl (C=O) groups excluding carboxylic acids is 1. The second-order valence-electron chi connectivity index (χ2n) is 7.39. The Bertz CT molecular complexity index is 1240. The number of aryl methyl sites for hydroxylation is 1. The normalized spacial score (nSPS) is 10.7. The summed E-state index contributed by atoms with van der Waals surface area (Å²) in [6.07, 6.45) is 0.684. The van der Waals surface area contributed by atoms with E-state index in [1.54, 1.807) is 25.6 Å². The van der Waals surface area contributed by atoms with Crippen molar-refractivity contribution in [1.29, 1.82) is 0 Å². The second-order valence-corrected chi connectivity index (χ2v) is 8.42. The lowest BCUT2D eigenvalue weighted by Gasteiger charge is -2.11. The van der Waals surface area contributed by atoms with Crippen LogP contribution in [0.2, 0.25) is 0 Å². The minimum absolute atomic E-state index is 0.242. The Kier molecular flexibility index (Phi) is 6.56. The van der Waals surface area contributed by atoms with Gasteiger partial charge in [-0.2, -0.15) is 0 Å². The maximum Gasteiger partial charge on any atom is 0.319 e. The molecular weight excluding hydrogens is 422 g/mol. The van der Waals surface area contributed by atoms with Gasteiger partial charge in [-0.15, -0.1) is 11.3 Å². The standard InChI is InChI=1S/C25H25N3O3S/c1-16-4-10-20-23(14-16)32-24(28-20)18-6-8-19(9-7-18)27-25(29)26-13-12-17-5-11-21(30-2)22(15-17)31-3/h4-11,14-15H,12-13H2,1-3H3,(H2,26,27,29). The maximum absolute atomic E-state index is 12.3. The van der Waals surface area contributed by atoms with E-state index >= 15 is 0 Å². The van der Waals surface area contributed by atoms with Crippen LogP contribution in [-0.4, -0.2) is 31.8 Å². The number of nitrogens with one attached hydrogen (secondary N) is 2. The molecule has 0 bridgehead atoms. The number of thiazole rings is 1. The molecule has 0 radical (unpaired) electrons. The van der Waals surface area contributed by atoms with Gasteiger partial charge in [0.1, 0.15) is 5.01 Å². The summed E-state index contributed by atoms with van der Waals surface area (Å²) in [6, 6.07) is 19.5. The van der Waals surface area contributed by atoms with E-state index in [1.165, 1.54) is 10.3 Å². The molecule has 1 heterocycles. The number of nitrogens with zero attached hydrogens (tertiary/aromatic N) is 1. The molecule has 2 N–H and O–H groups in total. The Morgan fingerprint density at radius 3 is 2.50 bits per heavy atom. The molecule has 6 nitrogen and oxygen atoms in total. The lowest BCUT2D eigenvalue weighted by Crippen LogP contribution is -2.30. The zero-order chi connectivity index (χ0) is 22.5. The highest BCUT2D eigenvalue weighted by Crippen LogP contribution is 2.31. The van der Waals surface area contributed by atoms with E-state index in [4.69, 9.17) is 14.5 Å². The van der Waals surface area contributed by atoms with Crippen LogP contribution in [0.15, 0.2) is 60.7 Å². The molecule has 0 saturated carbocycles. The molecule has 0 aliphatic heterocycles. The van der Waals surface area contributed by atoms with Crippen molar-refractivity contribution in [2.75, 3.05) is 26.1 Å². The minimum atomic E-state index is -0.242. The Balaban J connectivity index is 1.31. The number of hydrogen-bond donors (Lipinski definition) is 2. The summed E-state index contributed by atoms with van der Waals surface area (Å²) in [5, 5.41) is 6.72. The SMILES string of the molecule is COc1ccc(CCNC(=O)Nc2ccc(-c3nc4ccc(C)cc4s3)cc2)cc1OC. The number of carbonyl (C=O) groups is 1. The molecule has 0 unspecified atom stereocenters. The first-order valence-corrected chi connectivity index (χ1v) is 11.1. The highest BCUT2D eigenvalue weighted by molar-refractivity contribution is 7.21. The van der Waals surface area contributed by atoms with Crippen molar-refractivity contribution < 1.29 is 14.3 Å². The van der Waals surface area contributed by atoms with E-state index in [0.717, 1.165) is 27.3 Å². The highest BCUT2D eigenvalue weighted by Gasteiger charge is 2.08. The molecule has 0 saturated heterocycles. The van der Waals surface area contributed by atoms with E-state index in [0.29, 0.717) is 24.5 Å². The zero-order valence-electron chi connectivity index (χ0n) is 18.3. The van der Waals surface area contributed by atoms with Gasteiger partial charge in [0.2, 0.25) is 0 Å². The Morgan fingerprint density at radius 1 is 0.969 bits per heavy atom. The van der Waals surface area contributed by atoms with Crippen molar-refractivity contribution in [3.63, 3.8) is 0 Å². The van der Waals surface area contributed by atoms with Gasteiger partial charge in [-0.3, -0.25) is 0 Å². The summed E-state index contributed by atoms with van der Waals surface area (Å²) < 4.78 is 11.7. The van der Waals surface area contributed by atoms with Crippen molar-refractivity contribution >= 4 is 33.3 Å². The monoisotopic (exact) mass is 447 g/mol. The molecule has 0 spiro atoms. The summed E-state index contributed by atoms with van der Waals surface area (Å²) in [4.78, 5) is 17.0. The van der Waals surface area contributed by atoms with Crippen LogP contribution in [0.1, 0.15) is 11.1 Å². The lowest BCUT2D eigenvalue weighted by atomic mass is 10.1. The fourth-order valence-electron chi connectivity index (χ4n) is 3.38. The molecule has 3 aromatic carbocycles. The van der Waals surface area contributed by atoms with Crippen molar-refractivity contribution in [2.45, 2.75) is 13.3 Å². The first-order valence-electron chi connectivity index (χ1n) is 10.3. The minimum Gasteiger partial charge on any atom is -0.493 e. The number of benzene rings is 3. The second kappa shape index (κ2) is 9.70. The number of rotatable bonds is 7. The number of hydrogen-bond acceptors (Lipinski definition) is 5. The quantitative estimate of drug-likeness (QED) is 0.384. The molecule has 2 amide bonds. The maximum atomic E-state index is 12.3. The van der Waals surface area contributed by atoms with E-state index in [9.17, 15) is 4.79 Å².